The second-order valence-electron chi connectivity index (χ2n) is 8.22. The first kappa shape index (κ1) is 24.7. The van der Waals surface area contributed by atoms with Crippen LogP contribution >= 0.6 is 0 Å². The van der Waals surface area contributed by atoms with Crippen molar-refractivity contribution in [1.82, 2.24) is 9.55 Å². The predicted molar refractivity (Wildman–Crippen MR) is 140 cm³/mol. The Morgan fingerprint density at radius 1 is 0.974 bits per heavy atom. The van der Waals surface area contributed by atoms with Gasteiger partial charge in [-0.25, -0.2) is 4.98 Å². The third-order valence-electron chi connectivity index (χ3n) is 5.75. The maximum atomic E-state index is 13.3. The first-order valence-electron chi connectivity index (χ1n) is 11.1. The number of nitrogens with one attached hydrogen (secondary N) is 1. The maximum Gasteiger partial charge on any atom is 0.294 e. The van der Waals surface area contributed by atoms with Crippen molar-refractivity contribution >= 4 is 61.3 Å². The Morgan fingerprint density at radius 3 is 2.18 bits per heavy atom. The van der Waals surface area contributed by atoms with Gasteiger partial charge in [0, 0.05) is 0 Å². The van der Waals surface area contributed by atoms with E-state index in [0.29, 0.717) is 33.7 Å². The molecule has 4 aromatic rings. The van der Waals surface area contributed by atoms with Crippen LogP contribution in [-0.2, 0) is 14.9 Å². The SMILES string of the molecule is CC1=C(C(N)=O)c2nc3ccccc3n2C(=O)/C1=N/Nc1ccc(N=Nc2ccc(S(=O)(=O)O)cc2)cc1. The fourth-order valence-electron chi connectivity index (χ4n) is 3.90. The molecule has 0 radical (unpaired) electrons. The largest absolute Gasteiger partial charge is 0.365 e. The molecule has 0 fully saturated rings. The fraction of sp³-hybridized carbons (Fsp3) is 0.0400. The molecule has 3 aromatic carbocycles. The Kier molecular flexibility index (Phi) is 6.14. The molecule has 2 heterocycles. The lowest BCUT2D eigenvalue weighted by atomic mass is 9.99. The Bertz CT molecular complexity index is 1800. The summed E-state index contributed by atoms with van der Waals surface area (Å²) in [6.07, 6.45) is 0. The first-order chi connectivity index (χ1) is 18.1. The van der Waals surface area contributed by atoms with Crippen LogP contribution in [0.25, 0.3) is 16.6 Å². The van der Waals surface area contributed by atoms with Crippen molar-refractivity contribution in [3.8, 4) is 0 Å². The van der Waals surface area contributed by atoms with E-state index in [-0.39, 0.29) is 22.0 Å². The summed E-state index contributed by atoms with van der Waals surface area (Å²) in [5.41, 5.74) is 11.4. The molecule has 190 valence electrons. The zero-order valence-corrected chi connectivity index (χ0v) is 20.5. The zero-order chi connectivity index (χ0) is 27.0. The molecule has 38 heavy (non-hydrogen) atoms. The van der Waals surface area contributed by atoms with Crippen LogP contribution in [0.2, 0.25) is 0 Å². The average molecular weight is 530 g/mol. The Morgan fingerprint density at radius 2 is 1.58 bits per heavy atom. The molecule has 0 bridgehead atoms. The van der Waals surface area contributed by atoms with Crippen molar-refractivity contribution in [3.05, 3.63) is 84.2 Å². The molecule has 0 saturated heterocycles. The molecule has 1 aliphatic rings. The van der Waals surface area contributed by atoms with Crippen LogP contribution in [0, 0.1) is 0 Å². The molecular formula is C25H19N7O5S. The number of aromatic nitrogens is 2. The van der Waals surface area contributed by atoms with Crippen LogP contribution in [0.3, 0.4) is 0 Å². The lowest BCUT2D eigenvalue weighted by molar-refractivity contribution is -0.112. The van der Waals surface area contributed by atoms with E-state index < -0.39 is 21.9 Å². The number of benzene rings is 3. The number of carbonyl (C=O) groups excluding carboxylic acids is 2. The standard InChI is InChI=1S/C25H19N7O5S/c1-14-21(23(26)33)24-27-19-4-2-3-5-20(19)32(24)25(34)22(14)31-30-16-8-6-15(7-9-16)28-29-17-10-12-18(13-11-17)38(35,36)37/h2-13,30H,1H3,(H2,26,33)(H,35,36,37)/b29-28?,31-22+. The summed E-state index contributed by atoms with van der Waals surface area (Å²) in [5, 5.41) is 12.4. The van der Waals surface area contributed by atoms with Crippen molar-refractivity contribution in [2.45, 2.75) is 11.8 Å². The third-order valence-corrected chi connectivity index (χ3v) is 6.61. The van der Waals surface area contributed by atoms with Gasteiger partial charge >= 0.3 is 0 Å². The molecule has 1 aliphatic heterocycles. The van der Waals surface area contributed by atoms with E-state index in [0.717, 1.165) is 0 Å². The third kappa shape index (κ3) is 4.58. The van der Waals surface area contributed by atoms with Crippen LogP contribution in [0.1, 0.15) is 17.5 Å². The molecule has 0 unspecified atom stereocenters. The van der Waals surface area contributed by atoms with E-state index in [1.807, 2.05) is 0 Å². The number of primary amides is 1. The summed E-state index contributed by atoms with van der Waals surface area (Å²) < 4.78 is 32.6. The maximum absolute atomic E-state index is 13.3. The predicted octanol–water partition coefficient (Wildman–Crippen LogP) is 4.08. The highest BCUT2D eigenvalue weighted by Gasteiger charge is 2.34. The number of anilines is 1. The molecule has 0 atom stereocenters. The Balaban J connectivity index is 1.38. The minimum absolute atomic E-state index is 0.0200. The van der Waals surface area contributed by atoms with E-state index in [9.17, 15) is 18.0 Å². The van der Waals surface area contributed by atoms with Gasteiger partial charge in [-0.1, -0.05) is 12.1 Å². The van der Waals surface area contributed by atoms with Crippen LogP contribution in [-0.4, -0.2) is 40.0 Å². The molecular weight excluding hydrogens is 510 g/mol. The average Bonchev–Trinajstić information content (AvgIpc) is 3.27. The Hall–Kier alpha value is -5.01. The van der Waals surface area contributed by atoms with Crippen LogP contribution in [0.15, 0.2) is 98.6 Å². The zero-order valence-electron chi connectivity index (χ0n) is 19.7. The number of hydrogen-bond donors (Lipinski definition) is 3. The molecule has 4 N–H and O–H groups in total. The van der Waals surface area contributed by atoms with Gasteiger partial charge in [-0.15, -0.1) is 0 Å². The quantitative estimate of drug-likeness (QED) is 0.191. The van der Waals surface area contributed by atoms with Gasteiger partial charge in [0.2, 0.25) is 0 Å². The molecule has 1 amide bonds. The van der Waals surface area contributed by atoms with Crippen LogP contribution < -0.4 is 11.2 Å². The van der Waals surface area contributed by atoms with Gasteiger partial charge in [-0.05, 0) is 73.2 Å². The second-order valence-corrected chi connectivity index (χ2v) is 9.64. The van der Waals surface area contributed by atoms with Gasteiger partial charge in [0.1, 0.15) is 0 Å². The van der Waals surface area contributed by atoms with Gasteiger partial charge in [-0.3, -0.25) is 24.1 Å². The van der Waals surface area contributed by atoms with Crippen molar-refractivity contribution in [1.29, 1.82) is 0 Å². The number of hydrazone groups is 1. The minimum Gasteiger partial charge on any atom is -0.365 e. The number of imidazole rings is 1. The van der Waals surface area contributed by atoms with Crippen LogP contribution in [0.5, 0.6) is 0 Å². The van der Waals surface area contributed by atoms with Gasteiger partial charge in [0.25, 0.3) is 21.9 Å². The lowest BCUT2D eigenvalue weighted by Gasteiger charge is -2.19. The number of nitrogens with two attached hydrogens (primary N) is 1. The lowest BCUT2D eigenvalue weighted by Crippen LogP contribution is -2.33. The first-order valence-corrected chi connectivity index (χ1v) is 12.5. The summed E-state index contributed by atoms with van der Waals surface area (Å²) in [7, 11) is -4.28. The number of rotatable bonds is 6. The van der Waals surface area contributed by atoms with Crippen molar-refractivity contribution in [3.63, 3.8) is 0 Å². The van der Waals surface area contributed by atoms with E-state index in [1.165, 1.54) is 28.8 Å². The van der Waals surface area contributed by atoms with Gasteiger partial charge in [-0.2, -0.15) is 23.7 Å². The van der Waals surface area contributed by atoms with Crippen LogP contribution in [0.4, 0.5) is 17.1 Å². The summed E-state index contributed by atoms with van der Waals surface area (Å²) in [6, 6.07) is 18.9. The fourth-order valence-corrected chi connectivity index (χ4v) is 4.38. The van der Waals surface area contributed by atoms with Crippen molar-refractivity contribution in [2.24, 2.45) is 21.1 Å². The van der Waals surface area contributed by atoms with E-state index in [2.05, 4.69) is 25.7 Å². The van der Waals surface area contributed by atoms with Crippen molar-refractivity contribution < 1.29 is 22.6 Å². The topological polar surface area (TPSA) is 181 Å². The summed E-state index contributed by atoms with van der Waals surface area (Å²) >= 11 is 0. The van der Waals surface area contributed by atoms with Gasteiger partial charge in [0.05, 0.1) is 38.6 Å². The number of amides is 1. The molecule has 0 spiro atoms. The molecule has 0 aliphatic carbocycles. The van der Waals surface area contributed by atoms with Gasteiger partial charge in [0.15, 0.2) is 11.5 Å². The Labute approximate surface area is 216 Å². The smallest absolute Gasteiger partial charge is 0.294 e. The number of para-hydroxylation sites is 2. The highest BCUT2D eigenvalue weighted by atomic mass is 32.2. The minimum atomic E-state index is -4.28. The van der Waals surface area contributed by atoms with E-state index in [1.54, 1.807) is 55.5 Å². The second kappa shape index (κ2) is 9.46. The summed E-state index contributed by atoms with van der Waals surface area (Å²) in [6.45, 7) is 1.59. The highest BCUT2D eigenvalue weighted by Crippen LogP contribution is 2.29. The number of allylic oxidation sites excluding steroid dienone is 1. The summed E-state index contributed by atoms with van der Waals surface area (Å²) in [4.78, 5) is 29.8. The van der Waals surface area contributed by atoms with E-state index >= 15 is 0 Å². The molecule has 12 nitrogen and oxygen atoms in total. The number of hydrogen-bond acceptors (Lipinski definition) is 9. The monoisotopic (exact) mass is 529 g/mol. The normalized spacial score (nSPS) is 14.9. The molecule has 0 saturated carbocycles. The van der Waals surface area contributed by atoms with Crippen molar-refractivity contribution in [2.75, 3.05) is 5.43 Å². The molecule has 13 heteroatoms. The molecule has 5 rings (SSSR count). The number of fused-ring (bicyclic) bond motifs is 3. The molecule has 1 aromatic heterocycles. The number of azo groups is 1. The summed E-state index contributed by atoms with van der Waals surface area (Å²) in [5.74, 6) is -0.988. The van der Waals surface area contributed by atoms with Gasteiger partial charge < -0.3 is 5.73 Å². The number of nitrogens with zero attached hydrogens (tertiary/aromatic N) is 5. The number of carbonyl (C=O) groups is 2. The van der Waals surface area contributed by atoms with E-state index in [4.69, 9.17) is 10.3 Å². The highest BCUT2D eigenvalue weighted by molar-refractivity contribution is 7.85.